The van der Waals surface area contributed by atoms with Gasteiger partial charge < -0.3 is 14.8 Å². The number of nitro benzene ring substituents is 1. The normalized spacial score (nSPS) is 14.8. The molecular formula is C17H27N3O5. The second-order valence-corrected chi connectivity index (χ2v) is 6.52. The first-order chi connectivity index (χ1) is 11.8. The quantitative estimate of drug-likeness (QED) is 0.474. The number of benzene rings is 1. The number of rotatable bonds is 6. The van der Waals surface area contributed by atoms with Crippen molar-refractivity contribution < 1.29 is 19.2 Å². The Bertz CT molecular complexity index is 539. The first-order valence-corrected chi connectivity index (χ1v) is 8.23. The maximum absolute atomic E-state index is 10.6. The Morgan fingerprint density at radius 3 is 2.52 bits per heavy atom. The lowest BCUT2D eigenvalue weighted by atomic mass is 10.2. The molecule has 1 fully saturated rings. The number of piperazine rings is 1. The molecule has 1 aromatic rings. The Hall–Kier alpha value is -2.19. The van der Waals surface area contributed by atoms with Crippen LogP contribution < -0.4 is 10.1 Å². The molecule has 0 aromatic heterocycles. The van der Waals surface area contributed by atoms with Gasteiger partial charge in [0.15, 0.2) is 0 Å². The fraction of sp³-hybridized carbons (Fsp3) is 0.588. The van der Waals surface area contributed by atoms with Crippen molar-refractivity contribution in [3.8, 4) is 5.75 Å². The number of non-ortho nitro benzene ring substituents is 1. The number of hydrogen-bond donors (Lipinski definition) is 1. The SMILES string of the molecule is CC(C)(C)OC=O.O=[N+]([O-])c1cccc(OCCN2CCNCC2)c1. The summed E-state index contributed by atoms with van der Waals surface area (Å²) in [5.74, 6) is 0.555. The maximum Gasteiger partial charge on any atom is 0.293 e. The minimum atomic E-state index is -0.414. The highest BCUT2D eigenvalue weighted by Gasteiger charge is 2.10. The van der Waals surface area contributed by atoms with E-state index in [0.29, 0.717) is 18.8 Å². The molecule has 1 aliphatic rings. The van der Waals surface area contributed by atoms with E-state index in [1.54, 1.807) is 12.1 Å². The monoisotopic (exact) mass is 353 g/mol. The van der Waals surface area contributed by atoms with Gasteiger partial charge in [0.1, 0.15) is 18.0 Å². The average molecular weight is 353 g/mol. The molecule has 1 N–H and O–H groups in total. The van der Waals surface area contributed by atoms with E-state index >= 15 is 0 Å². The van der Waals surface area contributed by atoms with Crippen LogP contribution in [0.4, 0.5) is 5.69 Å². The molecule has 0 atom stereocenters. The van der Waals surface area contributed by atoms with Gasteiger partial charge in [-0.15, -0.1) is 0 Å². The Balaban J connectivity index is 0.000000381. The lowest BCUT2D eigenvalue weighted by molar-refractivity contribution is -0.384. The first-order valence-electron chi connectivity index (χ1n) is 8.23. The molecule has 1 aromatic carbocycles. The van der Waals surface area contributed by atoms with E-state index in [0.717, 1.165) is 32.7 Å². The van der Waals surface area contributed by atoms with Crippen LogP contribution in [0.2, 0.25) is 0 Å². The molecule has 8 nitrogen and oxygen atoms in total. The third-order valence-electron chi connectivity index (χ3n) is 3.32. The minimum Gasteiger partial charge on any atom is -0.492 e. The topological polar surface area (TPSA) is 93.9 Å². The molecule has 0 saturated carbocycles. The smallest absolute Gasteiger partial charge is 0.293 e. The summed E-state index contributed by atoms with van der Waals surface area (Å²) in [6, 6.07) is 6.30. The Morgan fingerprint density at radius 1 is 1.32 bits per heavy atom. The number of ether oxygens (including phenoxy) is 2. The van der Waals surface area contributed by atoms with Crippen LogP contribution in [0.1, 0.15) is 20.8 Å². The van der Waals surface area contributed by atoms with Crippen LogP contribution in [-0.2, 0) is 9.53 Å². The van der Waals surface area contributed by atoms with Crippen LogP contribution in [0.5, 0.6) is 5.75 Å². The van der Waals surface area contributed by atoms with Gasteiger partial charge in [-0.25, -0.2) is 0 Å². The number of carbonyl (C=O) groups excluding carboxylic acids is 1. The molecule has 1 saturated heterocycles. The highest BCUT2D eigenvalue weighted by atomic mass is 16.6. The van der Waals surface area contributed by atoms with E-state index in [9.17, 15) is 14.9 Å². The van der Waals surface area contributed by atoms with Crippen molar-refractivity contribution in [2.45, 2.75) is 26.4 Å². The van der Waals surface area contributed by atoms with Gasteiger partial charge in [-0.2, -0.15) is 0 Å². The van der Waals surface area contributed by atoms with Gasteiger partial charge in [-0.1, -0.05) is 6.07 Å². The van der Waals surface area contributed by atoms with E-state index in [1.807, 2.05) is 20.8 Å². The van der Waals surface area contributed by atoms with E-state index in [1.165, 1.54) is 12.1 Å². The number of carbonyl (C=O) groups is 1. The lowest BCUT2D eigenvalue weighted by Crippen LogP contribution is -2.44. The standard InChI is InChI=1S/C12H17N3O3.C5H10O2/c16-15(17)11-2-1-3-12(10-11)18-9-8-14-6-4-13-5-7-14;1-5(2,3)7-4-6/h1-3,10,13H,4-9H2;4H,1-3H3. The number of nitrogens with zero attached hydrogens (tertiary/aromatic N) is 2. The molecule has 1 heterocycles. The summed E-state index contributed by atoms with van der Waals surface area (Å²) >= 11 is 0. The molecule has 0 unspecified atom stereocenters. The van der Waals surface area contributed by atoms with E-state index < -0.39 is 4.92 Å². The van der Waals surface area contributed by atoms with Crippen molar-refractivity contribution >= 4 is 12.2 Å². The molecule has 140 valence electrons. The fourth-order valence-corrected chi connectivity index (χ4v) is 2.06. The predicted octanol–water partition coefficient (Wildman–Crippen LogP) is 1.84. The van der Waals surface area contributed by atoms with E-state index in [2.05, 4.69) is 15.0 Å². The third kappa shape index (κ3) is 9.63. The predicted molar refractivity (Wildman–Crippen MR) is 94.8 cm³/mol. The van der Waals surface area contributed by atoms with Crippen LogP contribution in [0.25, 0.3) is 0 Å². The molecule has 0 spiro atoms. The van der Waals surface area contributed by atoms with Crippen molar-refractivity contribution in [3.05, 3.63) is 34.4 Å². The zero-order valence-electron chi connectivity index (χ0n) is 15.1. The summed E-state index contributed by atoms with van der Waals surface area (Å²) in [7, 11) is 0. The third-order valence-corrected chi connectivity index (χ3v) is 3.32. The van der Waals surface area contributed by atoms with Crippen molar-refractivity contribution in [2.24, 2.45) is 0 Å². The molecule has 0 aliphatic carbocycles. The molecule has 8 heteroatoms. The summed E-state index contributed by atoms with van der Waals surface area (Å²) in [6.45, 7) is 11.4. The largest absolute Gasteiger partial charge is 0.492 e. The lowest BCUT2D eigenvalue weighted by Gasteiger charge is -2.26. The number of hydrogen-bond acceptors (Lipinski definition) is 7. The van der Waals surface area contributed by atoms with Crippen LogP contribution >= 0.6 is 0 Å². The highest BCUT2D eigenvalue weighted by molar-refractivity contribution is 5.38. The van der Waals surface area contributed by atoms with Crippen molar-refractivity contribution in [1.29, 1.82) is 0 Å². The van der Waals surface area contributed by atoms with Crippen molar-refractivity contribution in [1.82, 2.24) is 10.2 Å². The van der Waals surface area contributed by atoms with Gasteiger partial charge in [0.2, 0.25) is 0 Å². The average Bonchev–Trinajstić information content (AvgIpc) is 2.55. The van der Waals surface area contributed by atoms with Gasteiger partial charge >= 0.3 is 0 Å². The summed E-state index contributed by atoms with van der Waals surface area (Å²) in [4.78, 5) is 22.1. The number of nitro groups is 1. The molecule has 1 aliphatic heterocycles. The molecule has 25 heavy (non-hydrogen) atoms. The summed E-state index contributed by atoms with van der Waals surface area (Å²) < 4.78 is 10.1. The molecular weight excluding hydrogens is 326 g/mol. The van der Waals surface area contributed by atoms with Crippen LogP contribution in [0, 0.1) is 10.1 Å². The second-order valence-electron chi connectivity index (χ2n) is 6.52. The molecule has 0 amide bonds. The van der Waals surface area contributed by atoms with Crippen LogP contribution in [0.3, 0.4) is 0 Å². The summed E-state index contributed by atoms with van der Waals surface area (Å²) in [6.07, 6.45) is 0. The second kappa shape index (κ2) is 10.6. The van der Waals surface area contributed by atoms with Crippen LogP contribution in [-0.4, -0.2) is 61.2 Å². The first kappa shape index (κ1) is 20.9. The summed E-state index contributed by atoms with van der Waals surface area (Å²) in [5.41, 5.74) is -0.253. The van der Waals surface area contributed by atoms with Gasteiger partial charge in [-0.3, -0.25) is 19.8 Å². The van der Waals surface area contributed by atoms with Gasteiger partial charge in [0, 0.05) is 38.8 Å². The van der Waals surface area contributed by atoms with Crippen molar-refractivity contribution in [3.63, 3.8) is 0 Å². The minimum absolute atomic E-state index is 0.0645. The maximum atomic E-state index is 10.6. The Morgan fingerprint density at radius 2 is 2.00 bits per heavy atom. The molecule has 0 bridgehead atoms. The van der Waals surface area contributed by atoms with E-state index in [4.69, 9.17) is 4.74 Å². The Labute approximate surface area is 148 Å². The van der Waals surface area contributed by atoms with E-state index in [-0.39, 0.29) is 11.3 Å². The fourth-order valence-electron chi connectivity index (χ4n) is 2.06. The highest BCUT2D eigenvalue weighted by Crippen LogP contribution is 2.18. The van der Waals surface area contributed by atoms with Crippen LogP contribution in [0.15, 0.2) is 24.3 Å². The molecule has 2 rings (SSSR count). The zero-order valence-corrected chi connectivity index (χ0v) is 15.1. The summed E-state index contributed by atoms with van der Waals surface area (Å²) in [5, 5.41) is 13.9. The van der Waals surface area contributed by atoms with Gasteiger partial charge in [0.25, 0.3) is 12.2 Å². The number of nitrogens with one attached hydrogen (secondary N) is 1. The zero-order chi connectivity index (χ0) is 18.7. The molecule has 0 radical (unpaired) electrons. The van der Waals surface area contributed by atoms with Gasteiger partial charge in [0.05, 0.1) is 11.0 Å². The van der Waals surface area contributed by atoms with Crippen molar-refractivity contribution in [2.75, 3.05) is 39.3 Å². The van der Waals surface area contributed by atoms with Gasteiger partial charge in [-0.05, 0) is 26.8 Å². The Kier molecular flexibility index (Phi) is 8.87.